The maximum atomic E-state index is 10.8. The number of halogens is 1. The standard InChI is InChI=1S/C25H39IN2O/c1-20-6-4-2-3-5-7-21(16-20)18-27-14-12-25(13-15-27)17-24(29)28(19-25)23-10-8-22(26)9-11-23/h8-11,20-21,24,29H,2-7,12-19H2,1H3. The fourth-order valence-corrected chi connectivity index (χ4v) is 6.47. The van der Waals surface area contributed by atoms with Gasteiger partial charge in [0.25, 0.3) is 0 Å². The van der Waals surface area contributed by atoms with Crippen LogP contribution < -0.4 is 4.90 Å². The van der Waals surface area contributed by atoms with Crippen molar-refractivity contribution in [1.29, 1.82) is 0 Å². The number of anilines is 1. The first-order valence-corrected chi connectivity index (χ1v) is 13.0. The van der Waals surface area contributed by atoms with Crippen molar-refractivity contribution in [3.8, 4) is 0 Å². The van der Waals surface area contributed by atoms with E-state index in [4.69, 9.17) is 0 Å². The van der Waals surface area contributed by atoms with Crippen LogP contribution >= 0.6 is 22.6 Å². The van der Waals surface area contributed by atoms with Gasteiger partial charge in [-0.15, -0.1) is 0 Å². The van der Waals surface area contributed by atoms with Crippen molar-refractivity contribution >= 4 is 28.3 Å². The summed E-state index contributed by atoms with van der Waals surface area (Å²) in [5.74, 6) is 1.80. The molecule has 2 saturated heterocycles. The molecular formula is C25H39IN2O. The molecule has 2 heterocycles. The Morgan fingerprint density at radius 3 is 2.45 bits per heavy atom. The van der Waals surface area contributed by atoms with Crippen molar-refractivity contribution in [2.24, 2.45) is 17.3 Å². The lowest BCUT2D eigenvalue weighted by molar-refractivity contribution is 0.0814. The van der Waals surface area contributed by atoms with Gasteiger partial charge in [-0.3, -0.25) is 0 Å². The summed E-state index contributed by atoms with van der Waals surface area (Å²) in [6.45, 7) is 7.24. The second kappa shape index (κ2) is 9.86. The van der Waals surface area contributed by atoms with Gasteiger partial charge in [0.2, 0.25) is 0 Å². The van der Waals surface area contributed by atoms with Crippen molar-refractivity contribution in [3.63, 3.8) is 0 Å². The molecule has 1 spiro atoms. The fourth-order valence-electron chi connectivity index (χ4n) is 6.11. The number of aliphatic hydroxyl groups excluding tert-OH is 1. The first kappa shape index (κ1) is 21.9. The zero-order chi connectivity index (χ0) is 20.3. The molecule has 1 aromatic carbocycles. The Hall–Kier alpha value is -0.330. The number of rotatable bonds is 3. The fraction of sp³-hybridized carbons (Fsp3) is 0.760. The highest BCUT2D eigenvalue weighted by Crippen LogP contribution is 2.44. The average Bonchev–Trinajstić information content (AvgIpc) is 3.07. The van der Waals surface area contributed by atoms with E-state index in [0.717, 1.165) is 24.8 Å². The summed E-state index contributed by atoms with van der Waals surface area (Å²) >= 11 is 2.35. The van der Waals surface area contributed by atoms with Crippen LogP contribution in [0.15, 0.2) is 24.3 Å². The minimum Gasteiger partial charge on any atom is -0.374 e. The third-order valence-corrected chi connectivity index (χ3v) is 8.59. The zero-order valence-electron chi connectivity index (χ0n) is 18.2. The van der Waals surface area contributed by atoms with Crippen molar-refractivity contribution in [2.75, 3.05) is 31.1 Å². The highest BCUT2D eigenvalue weighted by atomic mass is 127. The lowest BCUT2D eigenvalue weighted by Crippen LogP contribution is -2.43. The van der Waals surface area contributed by atoms with Crippen LogP contribution in [-0.2, 0) is 0 Å². The molecule has 29 heavy (non-hydrogen) atoms. The Balaban J connectivity index is 1.31. The maximum absolute atomic E-state index is 10.8. The van der Waals surface area contributed by atoms with Gasteiger partial charge in [-0.25, -0.2) is 0 Å². The highest BCUT2D eigenvalue weighted by molar-refractivity contribution is 14.1. The van der Waals surface area contributed by atoms with Gasteiger partial charge in [-0.2, -0.15) is 0 Å². The average molecular weight is 511 g/mol. The molecule has 4 rings (SSSR count). The molecule has 4 heteroatoms. The van der Waals surface area contributed by atoms with Crippen LogP contribution in [0, 0.1) is 20.8 Å². The summed E-state index contributed by atoms with van der Waals surface area (Å²) in [5, 5.41) is 10.8. The van der Waals surface area contributed by atoms with Gasteiger partial charge in [-0.1, -0.05) is 39.0 Å². The van der Waals surface area contributed by atoms with E-state index in [1.165, 1.54) is 86.7 Å². The summed E-state index contributed by atoms with van der Waals surface area (Å²) in [4.78, 5) is 4.99. The third kappa shape index (κ3) is 5.68. The minimum atomic E-state index is -0.322. The van der Waals surface area contributed by atoms with E-state index in [0.29, 0.717) is 5.41 Å². The van der Waals surface area contributed by atoms with Gasteiger partial charge in [0, 0.05) is 22.3 Å². The van der Waals surface area contributed by atoms with E-state index in [2.05, 4.69) is 63.6 Å². The molecule has 0 amide bonds. The maximum Gasteiger partial charge on any atom is 0.127 e. The monoisotopic (exact) mass is 510 g/mol. The van der Waals surface area contributed by atoms with Gasteiger partial charge in [0.15, 0.2) is 0 Å². The molecule has 0 bridgehead atoms. The molecule has 1 N–H and O–H groups in total. The number of hydrogen-bond acceptors (Lipinski definition) is 3. The molecule has 1 aromatic rings. The van der Waals surface area contributed by atoms with Gasteiger partial charge < -0.3 is 14.9 Å². The van der Waals surface area contributed by atoms with Gasteiger partial charge in [0.05, 0.1) is 0 Å². The van der Waals surface area contributed by atoms with Crippen molar-refractivity contribution in [1.82, 2.24) is 4.90 Å². The Bertz CT molecular complexity index is 641. The molecule has 0 radical (unpaired) electrons. The minimum absolute atomic E-state index is 0.310. The van der Waals surface area contributed by atoms with E-state index in [9.17, 15) is 5.11 Å². The first-order valence-electron chi connectivity index (χ1n) is 12.0. The molecule has 1 saturated carbocycles. The second-order valence-electron chi connectivity index (χ2n) is 10.3. The molecule has 1 aliphatic carbocycles. The molecule has 162 valence electrons. The normalized spacial score (nSPS) is 31.4. The van der Waals surface area contributed by atoms with Crippen LogP contribution in [-0.4, -0.2) is 42.4 Å². The third-order valence-electron chi connectivity index (χ3n) is 7.87. The number of benzene rings is 1. The number of hydrogen-bond donors (Lipinski definition) is 1. The predicted molar refractivity (Wildman–Crippen MR) is 130 cm³/mol. The van der Waals surface area contributed by atoms with Crippen molar-refractivity contribution in [2.45, 2.75) is 77.4 Å². The van der Waals surface area contributed by atoms with Gasteiger partial charge >= 0.3 is 0 Å². The number of likely N-dealkylation sites (tertiary alicyclic amines) is 1. The topological polar surface area (TPSA) is 26.7 Å². The van der Waals surface area contributed by atoms with Crippen LogP contribution in [0.1, 0.15) is 71.1 Å². The molecule has 3 aliphatic rings. The van der Waals surface area contributed by atoms with Crippen LogP contribution in [0.2, 0.25) is 0 Å². The smallest absolute Gasteiger partial charge is 0.127 e. The van der Waals surface area contributed by atoms with Gasteiger partial charge in [0.1, 0.15) is 6.23 Å². The van der Waals surface area contributed by atoms with E-state index >= 15 is 0 Å². The van der Waals surface area contributed by atoms with Crippen LogP contribution in [0.4, 0.5) is 5.69 Å². The molecule has 3 atom stereocenters. The van der Waals surface area contributed by atoms with E-state index in [-0.39, 0.29) is 6.23 Å². The van der Waals surface area contributed by atoms with E-state index < -0.39 is 0 Å². The predicted octanol–water partition coefficient (Wildman–Crippen LogP) is 5.90. The van der Waals surface area contributed by atoms with Crippen LogP contribution in [0.5, 0.6) is 0 Å². The van der Waals surface area contributed by atoms with E-state index in [1.54, 1.807) is 0 Å². The summed E-state index contributed by atoms with van der Waals surface area (Å²) in [6.07, 6.45) is 13.2. The SMILES string of the molecule is CC1CCCCCCC(CN2CCC3(CC2)CC(O)N(c2ccc(I)cc2)C3)C1. The molecule has 0 aromatic heterocycles. The van der Waals surface area contributed by atoms with Gasteiger partial charge in [-0.05, 0) is 109 Å². The second-order valence-corrected chi connectivity index (χ2v) is 11.5. The highest BCUT2D eigenvalue weighted by Gasteiger charge is 2.45. The zero-order valence-corrected chi connectivity index (χ0v) is 20.3. The largest absolute Gasteiger partial charge is 0.374 e. The Morgan fingerprint density at radius 1 is 1.03 bits per heavy atom. The molecule has 2 aliphatic heterocycles. The molecule has 3 fully saturated rings. The molecule has 3 nitrogen and oxygen atoms in total. The van der Waals surface area contributed by atoms with E-state index in [1.807, 2.05) is 0 Å². The summed E-state index contributed by atoms with van der Waals surface area (Å²) in [6, 6.07) is 8.62. The van der Waals surface area contributed by atoms with Crippen LogP contribution in [0.3, 0.4) is 0 Å². The first-order chi connectivity index (χ1) is 14.0. The lowest BCUT2D eigenvalue weighted by atomic mass is 9.77. The summed E-state index contributed by atoms with van der Waals surface area (Å²) in [5.41, 5.74) is 1.49. The Morgan fingerprint density at radius 2 is 1.72 bits per heavy atom. The quantitative estimate of drug-likeness (QED) is 0.513. The van der Waals surface area contributed by atoms with Crippen molar-refractivity contribution < 1.29 is 5.11 Å². The number of aliphatic hydroxyl groups is 1. The lowest BCUT2D eigenvalue weighted by Gasteiger charge is -2.40. The van der Waals surface area contributed by atoms with Crippen LogP contribution in [0.25, 0.3) is 0 Å². The molecular weight excluding hydrogens is 471 g/mol. The summed E-state index contributed by atoms with van der Waals surface area (Å²) in [7, 11) is 0. The Labute approximate surface area is 191 Å². The molecule has 3 unspecified atom stereocenters. The number of piperidine rings is 1. The number of nitrogens with zero attached hydrogens (tertiary/aromatic N) is 2. The Kier molecular flexibility index (Phi) is 7.44. The summed E-state index contributed by atoms with van der Waals surface area (Å²) < 4.78 is 1.25. The van der Waals surface area contributed by atoms with Crippen molar-refractivity contribution in [3.05, 3.63) is 27.8 Å².